The molecule has 2 N–H and O–H groups in total. The Morgan fingerprint density at radius 3 is 2.50 bits per heavy atom. The summed E-state index contributed by atoms with van der Waals surface area (Å²) in [6.07, 6.45) is 0. The number of rotatable bonds is 6. The van der Waals surface area contributed by atoms with Gasteiger partial charge in [0.05, 0.1) is 11.5 Å². The molecule has 1 heterocycles. The minimum Gasteiger partial charge on any atom is -0.494 e. The molecule has 5 nitrogen and oxygen atoms in total. The zero-order chi connectivity index (χ0) is 18.7. The van der Waals surface area contributed by atoms with Crippen molar-refractivity contribution < 1.29 is 13.2 Å². The zero-order valence-electron chi connectivity index (χ0n) is 15.3. The van der Waals surface area contributed by atoms with Gasteiger partial charge in [0.25, 0.3) is 0 Å². The van der Waals surface area contributed by atoms with E-state index in [-0.39, 0.29) is 11.8 Å². The number of sulfonamides is 1. The Morgan fingerprint density at radius 1 is 1.15 bits per heavy atom. The smallest absolute Gasteiger partial charge is 0.243 e. The quantitative estimate of drug-likeness (QED) is 0.844. The number of aryl methyl sites for hydroxylation is 1. The maximum absolute atomic E-state index is 13.2. The van der Waals surface area contributed by atoms with Gasteiger partial charge >= 0.3 is 0 Å². The fourth-order valence-electron chi connectivity index (χ4n) is 3.65. The molecule has 1 aliphatic rings. The summed E-state index contributed by atoms with van der Waals surface area (Å²) in [6.45, 7) is 5.63. The first-order valence-electron chi connectivity index (χ1n) is 8.96. The van der Waals surface area contributed by atoms with Gasteiger partial charge in [-0.3, -0.25) is 0 Å². The van der Waals surface area contributed by atoms with E-state index in [1.807, 2.05) is 37.3 Å². The van der Waals surface area contributed by atoms with Crippen LogP contribution < -0.4 is 10.5 Å². The van der Waals surface area contributed by atoms with Crippen molar-refractivity contribution in [3.05, 3.63) is 59.7 Å². The van der Waals surface area contributed by atoms with Crippen LogP contribution in [0.25, 0.3) is 0 Å². The Kier molecular flexibility index (Phi) is 5.65. The fraction of sp³-hybridized carbons (Fsp3) is 0.400. The van der Waals surface area contributed by atoms with E-state index in [4.69, 9.17) is 10.5 Å². The van der Waals surface area contributed by atoms with Gasteiger partial charge < -0.3 is 10.5 Å². The summed E-state index contributed by atoms with van der Waals surface area (Å²) in [4.78, 5) is 0.338. The zero-order valence-corrected chi connectivity index (χ0v) is 16.1. The monoisotopic (exact) mass is 374 g/mol. The lowest BCUT2D eigenvalue weighted by atomic mass is 9.89. The summed E-state index contributed by atoms with van der Waals surface area (Å²) in [5, 5.41) is 0. The second-order valence-corrected chi connectivity index (χ2v) is 8.60. The summed E-state index contributed by atoms with van der Waals surface area (Å²) in [6, 6.07) is 15.2. The van der Waals surface area contributed by atoms with Crippen LogP contribution in [0.4, 0.5) is 0 Å². The largest absolute Gasteiger partial charge is 0.494 e. The minimum atomic E-state index is -3.56. The van der Waals surface area contributed by atoms with E-state index in [1.54, 1.807) is 29.4 Å². The molecule has 3 rings (SSSR count). The molecule has 2 atom stereocenters. The molecule has 0 saturated carbocycles. The first-order valence-corrected chi connectivity index (χ1v) is 10.4. The van der Waals surface area contributed by atoms with Gasteiger partial charge in [-0.05, 0) is 55.6 Å². The van der Waals surface area contributed by atoms with Crippen molar-refractivity contribution in [2.24, 2.45) is 11.7 Å². The van der Waals surface area contributed by atoms with Crippen molar-refractivity contribution in [1.82, 2.24) is 4.31 Å². The normalized spacial score (nSPS) is 21.0. The molecular formula is C20H26N2O3S. The van der Waals surface area contributed by atoms with Crippen molar-refractivity contribution in [1.29, 1.82) is 0 Å². The van der Waals surface area contributed by atoms with Crippen LogP contribution in [0.3, 0.4) is 0 Å². The first kappa shape index (κ1) is 18.9. The lowest BCUT2D eigenvalue weighted by Crippen LogP contribution is -2.30. The molecule has 1 saturated heterocycles. The molecule has 0 aromatic heterocycles. The van der Waals surface area contributed by atoms with Crippen LogP contribution >= 0.6 is 0 Å². The van der Waals surface area contributed by atoms with E-state index in [9.17, 15) is 8.42 Å². The number of nitrogens with zero attached hydrogens (tertiary/aromatic N) is 1. The molecule has 1 fully saturated rings. The third kappa shape index (κ3) is 3.63. The van der Waals surface area contributed by atoms with Crippen LogP contribution in [0, 0.1) is 12.8 Å². The number of nitrogens with two attached hydrogens (primary N) is 1. The summed E-state index contributed by atoms with van der Waals surface area (Å²) >= 11 is 0. The van der Waals surface area contributed by atoms with Gasteiger partial charge in [0.1, 0.15) is 5.75 Å². The molecule has 26 heavy (non-hydrogen) atoms. The van der Waals surface area contributed by atoms with E-state index >= 15 is 0 Å². The highest BCUT2D eigenvalue weighted by Gasteiger charge is 2.39. The van der Waals surface area contributed by atoms with Crippen molar-refractivity contribution in [3.63, 3.8) is 0 Å². The van der Waals surface area contributed by atoms with Gasteiger partial charge in [-0.15, -0.1) is 0 Å². The Balaban J connectivity index is 1.88. The highest BCUT2D eigenvalue weighted by molar-refractivity contribution is 7.89. The third-order valence-electron chi connectivity index (χ3n) is 5.01. The van der Waals surface area contributed by atoms with Crippen LogP contribution in [0.5, 0.6) is 5.75 Å². The average Bonchev–Trinajstić information content (AvgIpc) is 3.08. The second-order valence-electron chi connectivity index (χ2n) is 6.70. The van der Waals surface area contributed by atoms with Gasteiger partial charge in [-0.2, -0.15) is 4.31 Å². The van der Waals surface area contributed by atoms with Crippen molar-refractivity contribution in [2.45, 2.75) is 24.7 Å². The van der Waals surface area contributed by atoms with Gasteiger partial charge in [0.15, 0.2) is 0 Å². The lowest BCUT2D eigenvalue weighted by Gasteiger charge is -2.18. The molecule has 2 aromatic carbocycles. The molecule has 0 radical (unpaired) electrons. The van der Waals surface area contributed by atoms with Gasteiger partial charge in [0.2, 0.25) is 10.0 Å². The molecule has 0 unspecified atom stereocenters. The summed E-state index contributed by atoms with van der Waals surface area (Å²) < 4.78 is 33.5. The van der Waals surface area contributed by atoms with E-state index < -0.39 is 10.0 Å². The molecule has 0 aliphatic carbocycles. The van der Waals surface area contributed by atoms with Crippen LogP contribution in [0.2, 0.25) is 0 Å². The highest BCUT2D eigenvalue weighted by Crippen LogP contribution is 2.36. The predicted molar refractivity (Wildman–Crippen MR) is 103 cm³/mol. The lowest BCUT2D eigenvalue weighted by molar-refractivity contribution is 0.339. The molecule has 140 valence electrons. The van der Waals surface area contributed by atoms with E-state index in [0.717, 1.165) is 5.56 Å². The summed E-state index contributed by atoms with van der Waals surface area (Å²) in [5.41, 5.74) is 7.79. The fourth-order valence-corrected chi connectivity index (χ4v) is 5.38. The Bertz CT molecular complexity index is 853. The van der Waals surface area contributed by atoms with Crippen molar-refractivity contribution in [2.75, 3.05) is 26.2 Å². The molecule has 6 heteroatoms. The van der Waals surface area contributed by atoms with Gasteiger partial charge in [-0.25, -0.2) is 8.42 Å². The summed E-state index contributed by atoms with van der Waals surface area (Å²) in [7, 11) is -3.56. The average molecular weight is 375 g/mol. The first-order chi connectivity index (χ1) is 12.5. The van der Waals surface area contributed by atoms with E-state index in [2.05, 4.69) is 0 Å². The van der Waals surface area contributed by atoms with E-state index in [0.29, 0.717) is 42.4 Å². The summed E-state index contributed by atoms with van der Waals surface area (Å²) in [5.74, 6) is 0.932. The number of hydrogen-bond donors (Lipinski definition) is 1. The Hall–Kier alpha value is -1.89. The second kappa shape index (κ2) is 7.78. The molecule has 0 amide bonds. The van der Waals surface area contributed by atoms with Gasteiger partial charge in [0, 0.05) is 19.0 Å². The Labute approximate surface area is 155 Å². The molecule has 2 aromatic rings. The van der Waals surface area contributed by atoms with E-state index in [1.165, 1.54) is 0 Å². The molecular weight excluding hydrogens is 348 g/mol. The van der Waals surface area contributed by atoms with Crippen LogP contribution in [0.15, 0.2) is 53.4 Å². The highest BCUT2D eigenvalue weighted by atomic mass is 32.2. The van der Waals surface area contributed by atoms with Crippen LogP contribution in [-0.4, -0.2) is 39.0 Å². The van der Waals surface area contributed by atoms with Crippen molar-refractivity contribution >= 4 is 10.0 Å². The van der Waals surface area contributed by atoms with Crippen molar-refractivity contribution in [3.8, 4) is 5.75 Å². The minimum absolute atomic E-state index is 0.121. The molecule has 1 aliphatic heterocycles. The standard InChI is InChI=1S/C20H26N2O3S/c1-3-25-18-9-10-20(15(2)11-18)26(23,24)22-13-17(12-21)19(14-22)16-7-5-4-6-8-16/h4-11,17,19H,3,12-14,21H2,1-2H3/t17-,19+/m1/s1. The van der Waals surface area contributed by atoms with Gasteiger partial charge in [-0.1, -0.05) is 30.3 Å². The predicted octanol–water partition coefficient (Wildman–Crippen LogP) is 2.76. The number of ether oxygens (including phenoxy) is 1. The molecule has 0 spiro atoms. The van der Waals surface area contributed by atoms with Crippen LogP contribution in [-0.2, 0) is 10.0 Å². The topological polar surface area (TPSA) is 72.6 Å². The number of benzene rings is 2. The maximum atomic E-state index is 13.2. The van der Waals surface area contributed by atoms with Crippen LogP contribution in [0.1, 0.15) is 24.0 Å². The maximum Gasteiger partial charge on any atom is 0.243 e. The number of hydrogen-bond acceptors (Lipinski definition) is 4. The Morgan fingerprint density at radius 2 is 1.88 bits per heavy atom. The SMILES string of the molecule is CCOc1ccc(S(=O)(=O)N2C[C@@H](CN)[C@H](c3ccccc3)C2)c(C)c1. The molecule has 0 bridgehead atoms. The third-order valence-corrected chi connectivity index (χ3v) is 7.01.